The molecule has 0 amide bonds. The zero-order valence-corrected chi connectivity index (χ0v) is 11.8. The summed E-state index contributed by atoms with van der Waals surface area (Å²) < 4.78 is 40.1. The molecule has 2 rings (SSSR count). The summed E-state index contributed by atoms with van der Waals surface area (Å²) in [6, 6.07) is 2.32. The van der Waals surface area contributed by atoms with Crippen LogP contribution in [0, 0.1) is 18.7 Å². The molecule has 1 aromatic rings. The average molecular weight is 286 g/mol. The van der Waals surface area contributed by atoms with Crippen LogP contribution in [0.15, 0.2) is 17.0 Å². The van der Waals surface area contributed by atoms with Crippen LogP contribution >= 0.6 is 0 Å². The third kappa shape index (κ3) is 3.67. The Morgan fingerprint density at radius 2 is 2.11 bits per heavy atom. The Bertz CT molecular complexity index is 568. The topological polar surface area (TPSA) is 72.2 Å². The van der Waals surface area contributed by atoms with Crippen molar-refractivity contribution in [3.63, 3.8) is 0 Å². The first kappa shape index (κ1) is 14.3. The second-order valence-corrected chi connectivity index (χ2v) is 6.86. The number of benzene rings is 1. The zero-order valence-electron chi connectivity index (χ0n) is 10.9. The molecule has 1 aliphatic carbocycles. The molecule has 1 aliphatic rings. The van der Waals surface area contributed by atoms with Crippen LogP contribution in [0.25, 0.3) is 0 Å². The second kappa shape index (κ2) is 5.46. The van der Waals surface area contributed by atoms with Crippen molar-refractivity contribution in [2.24, 2.45) is 5.92 Å². The number of nitrogens with one attached hydrogen (secondary N) is 1. The molecule has 4 nitrogen and oxygen atoms in total. The lowest BCUT2D eigenvalue weighted by Crippen LogP contribution is -2.26. The van der Waals surface area contributed by atoms with E-state index < -0.39 is 15.8 Å². The Morgan fingerprint density at radius 1 is 1.42 bits per heavy atom. The number of aryl methyl sites for hydroxylation is 1. The van der Waals surface area contributed by atoms with Gasteiger partial charge in [0, 0.05) is 12.2 Å². The molecule has 0 saturated heterocycles. The number of sulfonamides is 1. The van der Waals surface area contributed by atoms with E-state index in [4.69, 9.17) is 5.73 Å². The summed E-state index contributed by atoms with van der Waals surface area (Å²) in [6.45, 7) is 1.98. The van der Waals surface area contributed by atoms with E-state index in [9.17, 15) is 12.8 Å². The van der Waals surface area contributed by atoms with E-state index in [-0.39, 0.29) is 10.6 Å². The summed E-state index contributed by atoms with van der Waals surface area (Å²) in [5.74, 6) is -0.00217. The number of halogens is 1. The van der Waals surface area contributed by atoms with Crippen LogP contribution in [0.1, 0.15) is 31.2 Å². The molecular formula is C13H19FN2O2S. The van der Waals surface area contributed by atoms with Crippen molar-refractivity contribution < 1.29 is 12.8 Å². The molecule has 3 N–H and O–H groups in total. The maximum absolute atomic E-state index is 13.7. The first-order valence-corrected chi connectivity index (χ1v) is 7.94. The van der Waals surface area contributed by atoms with Crippen molar-refractivity contribution >= 4 is 15.7 Å². The molecular weight excluding hydrogens is 267 g/mol. The van der Waals surface area contributed by atoms with E-state index in [1.165, 1.54) is 18.9 Å². The lowest BCUT2D eigenvalue weighted by atomic mass is 10.2. The normalized spacial score (nSPS) is 15.7. The Balaban J connectivity index is 2.03. The summed E-state index contributed by atoms with van der Waals surface area (Å²) in [6.07, 6.45) is 4.31. The van der Waals surface area contributed by atoms with E-state index in [1.54, 1.807) is 6.92 Å². The van der Waals surface area contributed by atoms with Crippen LogP contribution in [0.2, 0.25) is 0 Å². The molecule has 0 spiro atoms. The van der Waals surface area contributed by atoms with Gasteiger partial charge in [-0.05, 0) is 43.4 Å². The Morgan fingerprint density at radius 3 is 2.74 bits per heavy atom. The van der Waals surface area contributed by atoms with Crippen LogP contribution in [0.3, 0.4) is 0 Å². The number of rotatable bonds is 6. The van der Waals surface area contributed by atoms with Gasteiger partial charge in [0.25, 0.3) is 0 Å². The fourth-order valence-electron chi connectivity index (χ4n) is 1.96. The van der Waals surface area contributed by atoms with Crippen LogP contribution in [-0.4, -0.2) is 15.0 Å². The van der Waals surface area contributed by atoms with Gasteiger partial charge in [0.2, 0.25) is 10.0 Å². The fraction of sp³-hybridized carbons (Fsp3) is 0.538. The molecule has 1 saturated carbocycles. The highest BCUT2D eigenvalue weighted by molar-refractivity contribution is 7.89. The summed E-state index contributed by atoms with van der Waals surface area (Å²) in [4.78, 5) is -0.373. The molecule has 0 aliphatic heterocycles. The first-order chi connectivity index (χ1) is 8.90. The maximum Gasteiger partial charge on any atom is 0.243 e. The number of anilines is 1. The largest absolute Gasteiger partial charge is 0.398 e. The summed E-state index contributed by atoms with van der Waals surface area (Å²) >= 11 is 0. The molecule has 1 aromatic carbocycles. The molecule has 6 heteroatoms. The van der Waals surface area contributed by atoms with Gasteiger partial charge in [0.15, 0.2) is 0 Å². The number of hydrogen-bond acceptors (Lipinski definition) is 3. The summed E-state index contributed by atoms with van der Waals surface area (Å²) in [7, 11) is -3.81. The van der Waals surface area contributed by atoms with Crippen LogP contribution in [0.5, 0.6) is 0 Å². The van der Waals surface area contributed by atoms with Crippen molar-refractivity contribution in [3.8, 4) is 0 Å². The fourth-order valence-corrected chi connectivity index (χ4v) is 3.12. The SMILES string of the molecule is Cc1cc(F)c(S(=O)(=O)NCCCC2CC2)cc1N. The van der Waals surface area contributed by atoms with E-state index in [0.29, 0.717) is 12.1 Å². The monoisotopic (exact) mass is 286 g/mol. The molecule has 0 heterocycles. The smallest absolute Gasteiger partial charge is 0.243 e. The lowest BCUT2D eigenvalue weighted by molar-refractivity contribution is 0.552. The minimum absolute atomic E-state index is 0.278. The van der Waals surface area contributed by atoms with Crippen LogP contribution < -0.4 is 10.5 Å². The Kier molecular flexibility index (Phi) is 4.10. The second-order valence-electron chi connectivity index (χ2n) is 5.12. The average Bonchev–Trinajstić information content (AvgIpc) is 3.13. The summed E-state index contributed by atoms with van der Waals surface area (Å²) in [5, 5.41) is 0. The van der Waals surface area contributed by atoms with Crippen molar-refractivity contribution in [3.05, 3.63) is 23.5 Å². The van der Waals surface area contributed by atoms with Gasteiger partial charge in [-0.15, -0.1) is 0 Å². The third-order valence-electron chi connectivity index (χ3n) is 3.39. The minimum Gasteiger partial charge on any atom is -0.398 e. The van der Waals surface area contributed by atoms with Crippen molar-refractivity contribution in [1.29, 1.82) is 0 Å². The third-order valence-corrected chi connectivity index (χ3v) is 4.86. The number of hydrogen-bond donors (Lipinski definition) is 2. The van der Waals surface area contributed by atoms with Crippen molar-refractivity contribution in [1.82, 2.24) is 4.72 Å². The van der Waals surface area contributed by atoms with Gasteiger partial charge in [-0.1, -0.05) is 12.8 Å². The van der Waals surface area contributed by atoms with E-state index >= 15 is 0 Å². The maximum atomic E-state index is 13.7. The van der Waals surface area contributed by atoms with Crippen molar-refractivity contribution in [2.75, 3.05) is 12.3 Å². The molecule has 1 fully saturated rings. The Labute approximate surface area is 113 Å². The van der Waals surface area contributed by atoms with Gasteiger partial charge >= 0.3 is 0 Å². The van der Waals surface area contributed by atoms with E-state index in [1.807, 2.05) is 0 Å². The minimum atomic E-state index is -3.81. The zero-order chi connectivity index (χ0) is 14.0. The van der Waals surface area contributed by atoms with Gasteiger partial charge in [-0.3, -0.25) is 0 Å². The molecule has 0 aromatic heterocycles. The highest BCUT2D eigenvalue weighted by atomic mass is 32.2. The van der Waals surface area contributed by atoms with Gasteiger partial charge < -0.3 is 5.73 Å². The van der Waals surface area contributed by atoms with Crippen LogP contribution in [-0.2, 0) is 10.0 Å². The highest BCUT2D eigenvalue weighted by Crippen LogP contribution is 2.33. The van der Waals surface area contributed by atoms with Gasteiger partial charge in [0.1, 0.15) is 10.7 Å². The quantitative estimate of drug-likeness (QED) is 0.622. The van der Waals surface area contributed by atoms with E-state index in [0.717, 1.165) is 24.8 Å². The van der Waals surface area contributed by atoms with E-state index in [2.05, 4.69) is 4.72 Å². The van der Waals surface area contributed by atoms with Gasteiger partial charge in [0.05, 0.1) is 0 Å². The Hall–Kier alpha value is -1.14. The number of nitrogens with two attached hydrogens (primary N) is 1. The predicted octanol–water partition coefficient (Wildman–Crippen LogP) is 2.18. The molecule has 0 radical (unpaired) electrons. The van der Waals surface area contributed by atoms with Gasteiger partial charge in [-0.2, -0.15) is 0 Å². The molecule has 0 bridgehead atoms. The molecule has 19 heavy (non-hydrogen) atoms. The first-order valence-electron chi connectivity index (χ1n) is 6.45. The molecule has 0 atom stereocenters. The molecule has 106 valence electrons. The highest BCUT2D eigenvalue weighted by Gasteiger charge is 2.22. The van der Waals surface area contributed by atoms with Crippen LogP contribution in [0.4, 0.5) is 10.1 Å². The lowest BCUT2D eigenvalue weighted by Gasteiger charge is -2.09. The van der Waals surface area contributed by atoms with Crippen molar-refractivity contribution in [2.45, 2.75) is 37.5 Å². The summed E-state index contributed by atoms with van der Waals surface area (Å²) in [5.41, 5.74) is 6.44. The standard InChI is InChI=1S/C13H19FN2O2S/c1-9-7-11(14)13(8-12(9)15)19(17,18)16-6-2-3-10-4-5-10/h7-8,10,16H,2-6,15H2,1H3. The number of nitrogen functional groups attached to an aromatic ring is 1. The van der Waals surface area contributed by atoms with Gasteiger partial charge in [-0.25, -0.2) is 17.5 Å². The predicted molar refractivity (Wildman–Crippen MR) is 72.7 cm³/mol. The molecule has 0 unspecified atom stereocenters.